The Morgan fingerprint density at radius 1 is 1.27 bits per heavy atom. The topological polar surface area (TPSA) is 55.4 Å². The van der Waals surface area contributed by atoms with E-state index in [0.717, 1.165) is 31.2 Å². The van der Waals surface area contributed by atoms with Crippen molar-refractivity contribution >= 4 is 60.1 Å². The molecule has 1 aromatic heterocycles. The normalized spacial score (nSPS) is 25.3. The summed E-state index contributed by atoms with van der Waals surface area (Å²) in [6, 6.07) is 0. The molecule has 0 bridgehead atoms. The van der Waals surface area contributed by atoms with Crippen LogP contribution in [0.5, 0.6) is 0 Å². The molecule has 3 rings (SSSR count). The Labute approximate surface area is 150 Å². The zero-order valence-electron chi connectivity index (χ0n) is 12.4. The molecule has 1 atom stereocenters. The smallest absolute Gasteiger partial charge is 0.341 e. The molecule has 1 N–H and O–H groups in total. The fourth-order valence-corrected chi connectivity index (χ4v) is 5.61. The Balaban J connectivity index is 1.92. The highest BCUT2D eigenvalue weighted by Gasteiger charge is 2.66. The summed E-state index contributed by atoms with van der Waals surface area (Å²) in [5.41, 5.74) is 1.10. The van der Waals surface area contributed by atoms with Gasteiger partial charge in [0.15, 0.2) is 0 Å². The van der Waals surface area contributed by atoms with Gasteiger partial charge in [-0.05, 0) is 44.6 Å². The van der Waals surface area contributed by atoms with Crippen molar-refractivity contribution in [3.05, 3.63) is 16.0 Å². The number of anilines is 1. The lowest BCUT2D eigenvalue weighted by Crippen LogP contribution is -2.26. The molecule has 120 valence electrons. The number of esters is 1. The predicted octanol–water partition coefficient (Wildman–Crippen LogP) is 4.25. The highest BCUT2D eigenvalue weighted by molar-refractivity contribution is 9.25. The van der Waals surface area contributed by atoms with Gasteiger partial charge in [-0.3, -0.25) is 4.79 Å². The van der Waals surface area contributed by atoms with Gasteiger partial charge < -0.3 is 10.1 Å². The second kappa shape index (κ2) is 5.60. The molecule has 0 aromatic carbocycles. The van der Waals surface area contributed by atoms with Gasteiger partial charge in [0.25, 0.3) is 0 Å². The van der Waals surface area contributed by atoms with Crippen molar-refractivity contribution in [2.24, 2.45) is 5.41 Å². The van der Waals surface area contributed by atoms with Crippen molar-refractivity contribution in [1.82, 2.24) is 0 Å². The minimum absolute atomic E-state index is 0.0787. The van der Waals surface area contributed by atoms with Crippen LogP contribution in [0.15, 0.2) is 0 Å². The number of ether oxygens (including phenoxy) is 1. The second-order valence-corrected chi connectivity index (χ2v) is 11.0. The number of aryl methyl sites for hydroxylation is 1. The van der Waals surface area contributed by atoms with E-state index in [4.69, 9.17) is 4.74 Å². The van der Waals surface area contributed by atoms with E-state index in [2.05, 4.69) is 37.2 Å². The molecule has 1 heterocycles. The molecule has 2 aliphatic carbocycles. The highest BCUT2D eigenvalue weighted by atomic mass is 79.9. The summed E-state index contributed by atoms with van der Waals surface area (Å²) in [5.74, 6) is -0.440. The van der Waals surface area contributed by atoms with Crippen molar-refractivity contribution in [2.75, 3.05) is 12.4 Å². The van der Waals surface area contributed by atoms with Crippen molar-refractivity contribution in [2.45, 2.75) is 42.3 Å². The van der Waals surface area contributed by atoms with Gasteiger partial charge in [-0.15, -0.1) is 11.3 Å². The lowest BCUT2D eigenvalue weighted by molar-refractivity contribution is -0.120. The maximum Gasteiger partial charge on any atom is 0.341 e. The number of alkyl halides is 2. The lowest BCUT2D eigenvalue weighted by atomic mass is 9.95. The number of carbonyl (C=O) groups is 2. The average molecular weight is 451 g/mol. The van der Waals surface area contributed by atoms with Crippen molar-refractivity contribution < 1.29 is 14.3 Å². The van der Waals surface area contributed by atoms with Crippen LogP contribution >= 0.6 is 43.2 Å². The lowest BCUT2D eigenvalue weighted by Gasteiger charge is -2.13. The number of amides is 1. The number of rotatable bonds is 3. The predicted molar refractivity (Wildman–Crippen MR) is 94.2 cm³/mol. The van der Waals surface area contributed by atoms with E-state index < -0.39 is 5.41 Å². The average Bonchev–Trinajstić information content (AvgIpc) is 2.83. The first kappa shape index (κ1) is 16.5. The zero-order chi connectivity index (χ0) is 16.1. The highest BCUT2D eigenvalue weighted by Crippen LogP contribution is 2.66. The van der Waals surface area contributed by atoms with Gasteiger partial charge in [-0.1, -0.05) is 31.9 Å². The molecule has 7 heteroatoms. The van der Waals surface area contributed by atoms with Crippen LogP contribution in [0.1, 0.15) is 47.0 Å². The summed E-state index contributed by atoms with van der Waals surface area (Å²) < 4.78 is 4.58. The molecule has 22 heavy (non-hydrogen) atoms. The molecule has 2 aliphatic rings. The molecule has 1 amide bonds. The van der Waals surface area contributed by atoms with Crippen LogP contribution in [0.2, 0.25) is 0 Å². The maximum atomic E-state index is 12.6. The molecule has 1 fully saturated rings. The Hall–Kier alpha value is -0.400. The van der Waals surface area contributed by atoms with Gasteiger partial charge in [0, 0.05) is 4.88 Å². The number of nitrogens with one attached hydrogen (secondary N) is 1. The summed E-state index contributed by atoms with van der Waals surface area (Å²) in [5, 5.41) is 3.59. The molecule has 1 aromatic rings. The summed E-state index contributed by atoms with van der Waals surface area (Å²) in [6.07, 6.45) is 4.77. The summed E-state index contributed by atoms with van der Waals surface area (Å²) in [4.78, 5) is 25.9. The van der Waals surface area contributed by atoms with E-state index in [0.29, 0.717) is 17.0 Å². The van der Waals surface area contributed by atoms with Gasteiger partial charge >= 0.3 is 5.97 Å². The van der Waals surface area contributed by atoms with Crippen LogP contribution in [0, 0.1) is 5.41 Å². The van der Waals surface area contributed by atoms with Crippen LogP contribution in [-0.2, 0) is 22.4 Å². The minimum Gasteiger partial charge on any atom is -0.465 e. The SMILES string of the molecule is COC(=O)c1c(NC(=O)[C@@]2(C)CC2(Br)Br)sc2c1CCCC2. The number of hydrogen-bond donors (Lipinski definition) is 1. The van der Waals surface area contributed by atoms with E-state index in [1.165, 1.54) is 23.3 Å². The third-order valence-corrected chi connectivity index (χ3v) is 8.07. The van der Waals surface area contributed by atoms with Gasteiger partial charge in [-0.2, -0.15) is 0 Å². The first-order chi connectivity index (χ1) is 10.3. The summed E-state index contributed by atoms with van der Waals surface area (Å²) in [6.45, 7) is 1.90. The van der Waals surface area contributed by atoms with Crippen molar-refractivity contribution in [3.63, 3.8) is 0 Å². The molecular formula is C15H17Br2NO3S. The van der Waals surface area contributed by atoms with Crippen molar-refractivity contribution in [3.8, 4) is 0 Å². The summed E-state index contributed by atoms with van der Waals surface area (Å²) in [7, 11) is 1.38. The molecule has 0 unspecified atom stereocenters. The Kier molecular flexibility index (Phi) is 4.19. The van der Waals surface area contributed by atoms with Crippen LogP contribution in [0.4, 0.5) is 5.00 Å². The zero-order valence-corrected chi connectivity index (χ0v) is 16.4. The molecule has 4 nitrogen and oxygen atoms in total. The number of carbonyl (C=O) groups excluding carboxylic acids is 2. The number of methoxy groups -OCH3 is 1. The largest absolute Gasteiger partial charge is 0.465 e. The maximum absolute atomic E-state index is 12.6. The number of fused-ring (bicyclic) bond motifs is 1. The van der Waals surface area contributed by atoms with E-state index in [9.17, 15) is 9.59 Å². The molecule has 0 saturated heterocycles. The van der Waals surface area contributed by atoms with Crippen LogP contribution < -0.4 is 5.32 Å². The van der Waals surface area contributed by atoms with E-state index >= 15 is 0 Å². The first-order valence-electron chi connectivity index (χ1n) is 7.22. The molecule has 0 aliphatic heterocycles. The van der Waals surface area contributed by atoms with Gasteiger partial charge in [-0.25, -0.2) is 4.79 Å². The fraction of sp³-hybridized carbons (Fsp3) is 0.600. The quantitative estimate of drug-likeness (QED) is 0.553. The van der Waals surface area contributed by atoms with Gasteiger partial charge in [0.1, 0.15) is 5.00 Å². The number of hydrogen-bond acceptors (Lipinski definition) is 4. The van der Waals surface area contributed by atoms with E-state index in [1.807, 2.05) is 6.92 Å². The third kappa shape index (κ3) is 2.55. The van der Waals surface area contributed by atoms with Gasteiger partial charge in [0.2, 0.25) is 5.91 Å². The Morgan fingerprint density at radius 3 is 2.50 bits per heavy atom. The standard InChI is InChI=1S/C15H17Br2NO3S/c1-14(7-15(14,16)17)13(20)18-11-10(12(19)21-2)8-5-3-4-6-9(8)22-11/h3-7H2,1-2H3,(H,18,20)/t14-/m1/s1. The third-order valence-electron chi connectivity index (χ3n) is 4.55. The Bertz CT molecular complexity index is 655. The monoisotopic (exact) mass is 449 g/mol. The molecule has 0 spiro atoms. The van der Waals surface area contributed by atoms with Crippen molar-refractivity contribution in [1.29, 1.82) is 0 Å². The molecular weight excluding hydrogens is 434 g/mol. The molecule has 0 radical (unpaired) electrons. The van der Waals surface area contributed by atoms with Crippen LogP contribution in [0.3, 0.4) is 0 Å². The van der Waals surface area contributed by atoms with Crippen LogP contribution in [-0.4, -0.2) is 22.2 Å². The van der Waals surface area contributed by atoms with Crippen LogP contribution in [0.25, 0.3) is 0 Å². The minimum atomic E-state index is -0.509. The summed E-state index contributed by atoms with van der Waals surface area (Å²) >= 11 is 8.53. The second-order valence-electron chi connectivity index (χ2n) is 6.07. The first-order valence-corrected chi connectivity index (χ1v) is 9.62. The van der Waals surface area contributed by atoms with E-state index in [-0.39, 0.29) is 15.1 Å². The number of halogens is 2. The van der Waals surface area contributed by atoms with Gasteiger partial charge in [0.05, 0.1) is 21.3 Å². The number of thiophene rings is 1. The Morgan fingerprint density at radius 2 is 1.91 bits per heavy atom. The molecule has 1 saturated carbocycles. The van der Waals surface area contributed by atoms with E-state index in [1.54, 1.807) is 0 Å². The fourth-order valence-electron chi connectivity index (χ4n) is 2.86.